The van der Waals surface area contributed by atoms with E-state index in [1.54, 1.807) is 0 Å². The highest BCUT2D eigenvalue weighted by atomic mass is 79.9. The van der Waals surface area contributed by atoms with E-state index in [4.69, 9.17) is 9.47 Å². The van der Waals surface area contributed by atoms with E-state index >= 15 is 0 Å². The first-order valence-electron chi connectivity index (χ1n) is 5.11. The van der Waals surface area contributed by atoms with E-state index in [-0.39, 0.29) is 15.6 Å². The second-order valence-corrected chi connectivity index (χ2v) is 6.06. The van der Waals surface area contributed by atoms with E-state index in [0.717, 1.165) is 0 Å². The Kier molecular flexibility index (Phi) is 5.19. The lowest BCUT2D eigenvalue weighted by Crippen LogP contribution is -2.35. The number of hydrogen-bond donors (Lipinski definition) is 0. The molecule has 1 rings (SSSR count). The second kappa shape index (κ2) is 6.00. The number of hydrogen-bond acceptors (Lipinski definition) is 4. The average molecular weight is 370 g/mol. The molecule has 0 amide bonds. The Labute approximate surface area is 117 Å². The van der Waals surface area contributed by atoms with Gasteiger partial charge in [-0.3, -0.25) is 0 Å². The molecule has 0 saturated carbocycles. The fourth-order valence-electron chi connectivity index (χ4n) is 1.90. The van der Waals surface area contributed by atoms with Crippen molar-refractivity contribution in [3.05, 3.63) is 11.1 Å². The number of carbonyl (C=O) groups is 2. The second-order valence-electron chi connectivity index (χ2n) is 3.83. The number of carbonyl (C=O) groups excluding carboxylic acids is 2. The number of alkyl halides is 2. The van der Waals surface area contributed by atoms with Crippen LogP contribution < -0.4 is 0 Å². The zero-order chi connectivity index (χ0) is 13.2. The predicted octanol–water partition coefficient (Wildman–Crippen LogP) is 2.20. The standard InChI is InChI=1S/C11H14Br2O4/c1-5-8(11(15)17-3)6(10(14)16-2)4-7(12)9(5)13/h5,7,9H,4H2,1-3H3/t5-,7-,9+/m0/s1. The summed E-state index contributed by atoms with van der Waals surface area (Å²) in [4.78, 5) is 23.6. The van der Waals surface area contributed by atoms with Crippen molar-refractivity contribution < 1.29 is 19.1 Å². The molecule has 1 aliphatic rings. The fourth-order valence-corrected chi connectivity index (χ4v) is 3.13. The van der Waals surface area contributed by atoms with E-state index in [1.165, 1.54) is 14.2 Å². The molecule has 0 aromatic carbocycles. The van der Waals surface area contributed by atoms with Gasteiger partial charge in [-0.2, -0.15) is 0 Å². The Balaban J connectivity index is 3.24. The summed E-state index contributed by atoms with van der Waals surface area (Å²) < 4.78 is 9.43. The van der Waals surface area contributed by atoms with Gasteiger partial charge in [-0.1, -0.05) is 38.8 Å². The molecule has 17 heavy (non-hydrogen) atoms. The highest BCUT2D eigenvalue weighted by molar-refractivity contribution is 9.12. The molecule has 4 nitrogen and oxygen atoms in total. The molecule has 3 atom stereocenters. The molecule has 6 heteroatoms. The van der Waals surface area contributed by atoms with Gasteiger partial charge in [0.25, 0.3) is 0 Å². The Hall–Kier alpha value is -0.360. The maximum Gasteiger partial charge on any atom is 0.334 e. The monoisotopic (exact) mass is 368 g/mol. The Morgan fingerprint density at radius 1 is 1.18 bits per heavy atom. The van der Waals surface area contributed by atoms with Crippen molar-refractivity contribution in [3.8, 4) is 0 Å². The molecule has 96 valence electrons. The van der Waals surface area contributed by atoms with Crippen molar-refractivity contribution >= 4 is 43.8 Å². The van der Waals surface area contributed by atoms with Gasteiger partial charge >= 0.3 is 11.9 Å². The lowest BCUT2D eigenvalue weighted by molar-refractivity contribution is -0.140. The van der Waals surface area contributed by atoms with Crippen molar-refractivity contribution in [2.45, 2.75) is 23.0 Å². The van der Waals surface area contributed by atoms with Crippen LogP contribution in [0.15, 0.2) is 11.1 Å². The normalized spacial score (nSPS) is 28.9. The van der Waals surface area contributed by atoms with Gasteiger partial charge in [-0.25, -0.2) is 9.59 Å². The van der Waals surface area contributed by atoms with Gasteiger partial charge in [-0.15, -0.1) is 0 Å². The van der Waals surface area contributed by atoms with Crippen LogP contribution in [-0.2, 0) is 19.1 Å². The van der Waals surface area contributed by atoms with Crippen LogP contribution in [0.4, 0.5) is 0 Å². The third-order valence-electron chi connectivity index (χ3n) is 2.84. The highest BCUT2D eigenvalue weighted by Gasteiger charge is 2.39. The lowest BCUT2D eigenvalue weighted by atomic mass is 9.83. The summed E-state index contributed by atoms with van der Waals surface area (Å²) in [6, 6.07) is 0. The smallest absolute Gasteiger partial charge is 0.334 e. The topological polar surface area (TPSA) is 52.6 Å². The lowest BCUT2D eigenvalue weighted by Gasteiger charge is -2.31. The first-order chi connectivity index (χ1) is 7.93. The maximum absolute atomic E-state index is 11.7. The van der Waals surface area contributed by atoms with E-state index < -0.39 is 11.9 Å². The molecule has 1 aliphatic carbocycles. The molecule has 0 aromatic rings. The molecule has 0 aliphatic heterocycles. The molecule has 0 bridgehead atoms. The molecular formula is C11H14Br2O4. The van der Waals surface area contributed by atoms with Crippen LogP contribution in [-0.4, -0.2) is 35.8 Å². The quantitative estimate of drug-likeness (QED) is 0.553. The van der Waals surface area contributed by atoms with Crippen LogP contribution in [0.2, 0.25) is 0 Å². The number of ether oxygens (including phenoxy) is 2. The third kappa shape index (κ3) is 2.91. The summed E-state index contributed by atoms with van der Waals surface area (Å²) in [7, 11) is 2.61. The minimum Gasteiger partial charge on any atom is -0.466 e. The van der Waals surface area contributed by atoms with Gasteiger partial charge in [0.05, 0.1) is 19.8 Å². The maximum atomic E-state index is 11.7. The van der Waals surface area contributed by atoms with Gasteiger partial charge in [-0.05, 0) is 6.42 Å². The number of halogens is 2. The van der Waals surface area contributed by atoms with E-state index in [1.807, 2.05) is 6.92 Å². The summed E-state index contributed by atoms with van der Waals surface area (Å²) in [5, 5.41) is 0. The van der Waals surface area contributed by atoms with Gasteiger partial charge in [0.15, 0.2) is 0 Å². The summed E-state index contributed by atoms with van der Waals surface area (Å²) in [5.74, 6) is -1.06. The zero-order valence-corrected chi connectivity index (χ0v) is 13.0. The van der Waals surface area contributed by atoms with Crippen molar-refractivity contribution in [3.63, 3.8) is 0 Å². The molecule has 0 fully saturated rings. The third-order valence-corrected chi connectivity index (χ3v) is 5.87. The van der Waals surface area contributed by atoms with Gasteiger partial charge in [0, 0.05) is 21.1 Å². The van der Waals surface area contributed by atoms with Crippen LogP contribution >= 0.6 is 31.9 Å². The Morgan fingerprint density at radius 2 is 1.71 bits per heavy atom. The first kappa shape index (κ1) is 14.7. The van der Waals surface area contributed by atoms with Crippen LogP contribution in [0.1, 0.15) is 13.3 Å². The molecule has 0 unspecified atom stereocenters. The van der Waals surface area contributed by atoms with Gasteiger partial charge in [0.2, 0.25) is 0 Å². The number of esters is 2. The minimum absolute atomic E-state index is 0.0741. The van der Waals surface area contributed by atoms with Crippen LogP contribution in [0.5, 0.6) is 0 Å². The van der Waals surface area contributed by atoms with Crippen molar-refractivity contribution in [2.75, 3.05) is 14.2 Å². The molecule has 0 aromatic heterocycles. The number of rotatable bonds is 2. The van der Waals surface area contributed by atoms with Crippen molar-refractivity contribution in [2.24, 2.45) is 5.92 Å². The van der Waals surface area contributed by atoms with Crippen LogP contribution in [0.25, 0.3) is 0 Å². The first-order valence-corrected chi connectivity index (χ1v) is 6.95. The van der Waals surface area contributed by atoms with Crippen LogP contribution in [0.3, 0.4) is 0 Å². The molecule has 0 radical (unpaired) electrons. The average Bonchev–Trinajstić information content (AvgIpc) is 2.33. The highest BCUT2D eigenvalue weighted by Crippen LogP contribution is 2.39. The Morgan fingerprint density at radius 3 is 2.18 bits per heavy atom. The number of methoxy groups -OCH3 is 2. The summed E-state index contributed by atoms with van der Waals surface area (Å²) in [5.41, 5.74) is 0.793. The summed E-state index contributed by atoms with van der Waals surface area (Å²) in [6.45, 7) is 1.88. The zero-order valence-electron chi connectivity index (χ0n) is 9.83. The van der Waals surface area contributed by atoms with Crippen molar-refractivity contribution in [1.29, 1.82) is 0 Å². The van der Waals surface area contributed by atoms with E-state index in [0.29, 0.717) is 17.6 Å². The summed E-state index contributed by atoms with van der Waals surface area (Å²) in [6.07, 6.45) is 0.442. The fraction of sp³-hybridized carbons (Fsp3) is 0.636. The van der Waals surface area contributed by atoms with Gasteiger partial charge < -0.3 is 9.47 Å². The van der Waals surface area contributed by atoms with Gasteiger partial charge in [0.1, 0.15) is 0 Å². The molecule has 0 heterocycles. The predicted molar refractivity (Wildman–Crippen MR) is 70.3 cm³/mol. The molecule has 0 saturated heterocycles. The molecule has 0 N–H and O–H groups in total. The van der Waals surface area contributed by atoms with E-state index in [9.17, 15) is 9.59 Å². The molecule has 0 spiro atoms. The van der Waals surface area contributed by atoms with E-state index in [2.05, 4.69) is 31.9 Å². The summed E-state index contributed by atoms with van der Waals surface area (Å²) >= 11 is 7.00. The minimum atomic E-state index is -0.471. The van der Waals surface area contributed by atoms with Crippen molar-refractivity contribution in [1.82, 2.24) is 0 Å². The SMILES string of the molecule is COC(=O)C1=C(C(=O)OC)[C@H](C)[C@@H](Br)[C@@H](Br)C1. The molecular weight excluding hydrogens is 356 g/mol. The van der Waals surface area contributed by atoms with Crippen LogP contribution in [0, 0.1) is 5.92 Å². The largest absolute Gasteiger partial charge is 0.466 e. The Bertz CT molecular complexity index is 364.